The molecule has 0 unspecified atom stereocenters. The minimum absolute atomic E-state index is 0.00565. The topological polar surface area (TPSA) is 78.7 Å². The molecule has 0 saturated heterocycles. The zero-order chi connectivity index (χ0) is 18.2. The summed E-state index contributed by atoms with van der Waals surface area (Å²) in [6, 6.07) is 12.5. The fraction of sp³-hybridized carbons (Fsp3) is 0.167. The van der Waals surface area contributed by atoms with Gasteiger partial charge in [0.15, 0.2) is 0 Å². The van der Waals surface area contributed by atoms with Crippen molar-refractivity contribution < 1.29 is 19.2 Å². The van der Waals surface area contributed by atoms with Gasteiger partial charge in [0.05, 0.1) is 15.5 Å². The lowest BCUT2D eigenvalue weighted by molar-refractivity contribution is -0.384. The van der Waals surface area contributed by atoms with Crippen molar-refractivity contribution in [2.24, 2.45) is 0 Å². The van der Waals surface area contributed by atoms with Gasteiger partial charge in [-0.15, -0.1) is 0 Å². The highest BCUT2D eigenvalue weighted by molar-refractivity contribution is 6.33. The number of nitrogens with zero attached hydrogens (tertiary/aromatic N) is 1. The van der Waals surface area contributed by atoms with E-state index in [4.69, 9.17) is 21.1 Å². The summed E-state index contributed by atoms with van der Waals surface area (Å²) in [7, 11) is 0. The number of carbonyl (C=O) groups is 1. The molecule has 0 saturated carbocycles. The molecular weight excluding hydrogens is 346 g/mol. The van der Waals surface area contributed by atoms with Crippen molar-refractivity contribution >= 4 is 23.3 Å². The van der Waals surface area contributed by atoms with Crippen LogP contribution in [-0.4, -0.2) is 24.1 Å². The molecular formula is C18H16ClNO5. The van der Waals surface area contributed by atoms with E-state index in [1.807, 2.05) is 6.92 Å². The summed E-state index contributed by atoms with van der Waals surface area (Å²) in [6.45, 7) is 2.20. The minimum Gasteiger partial charge on any atom is -0.489 e. The second-order valence-corrected chi connectivity index (χ2v) is 5.58. The largest absolute Gasteiger partial charge is 0.489 e. The van der Waals surface area contributed by atoms with Crippen LogP contribution >= 0.6 is 11.6 Å². The van der Waals surface area contributed by atoms with E-state index in [2.05, 4.69) is 0 Å². The molecule has 0 heterocycles. The highest BCUT2D eigenvalue weighted by Crippen LogP contribution is 2.18. The Morgan fingerprint density at radius 1 is 1.20 bits per heavy atom. The first-order valence-corrected chi connectivity index (χ1v) is 7.79. The Morgan fingerprint density at radius 3 is 2.52 bits per heavy atom. The molecule has 0 aliphatic carbocycles. The first-order chi connectivity index (χ1) is 12.0. The Morgan fingerprint density at radius 2 is 1.88 bits per heavy atom. The second-order valence-electron chi connectivity index (χ2n) is 5.17. The SMILES string of the molecule is CC(=CCOC(=O)c1ccccc1Cl)COc1ccc([N+](=O)[O-])cc1. The number of hydrogen-bond donors (Lipinski definition) is 0. The maximum Gasteiger partial charge on any atom is 0.339 e. The number of carbonyl (C=O) groups excluding carboxylic acids is 1. The second kappa shape index (κ2) is 8.84. The fourth-order valence-electron chi connectivity index (χ4n) is 1.88. The smallest absolute Gasteiger partial charge is 0.339 e. The molecule has 0 radical (unpaired) electrons. The summed E-state index contributed by atoms with van der Waals surface area (Å²) >= 11 is 5.93. The van der Waals surface area contributed by atoms with E-state index in [0.717, 1.165) is 5.57 Å². The number of esters is 1. The van der Waals surface area contributed by atoms with Gasteiger partial charge in [-0.3, -0.25) is 10.1 Å². The first-order valence-electron chi connectivity index (χ1n) is 7.42. The Balaban J connectivity index is 1.80. The Bertz CT molecular complexity index is 786. The van der Waals surface area contributed by atoms with Crippen molar-refractivity contribution in [2.75, 3.05) is 13.2 Å². The molecule has 0 fully saturated rings. The molecule has 0 spiro atoms. The van der Waals surface area contributed by atoms with Gasteiger partial charge >= 0.3 is 5.97 Å². The summed E-state index contributed by atoms with van der Waals surface area (Å²) < 4.78 is 10.7. The molecule has 2 aromatic carbocycles. The Kier molecular flexibility index (Phi) is 6.54. The minimum atomic E-state index is -0.495. The van der Waals surface area contributed by atoms with Gasteiger partial charge in [-0.05, 0) is 42.8 Å². The quantitative estimate of drug-likeness (QED) is 0.315. The van der Waals surface area contributed by atoms with E-state index in [1.165, 1.54) is 24.3 Å². The van der Waals surface area contributed by atoms with Crippen LogP contribution in [0.4, 0.5) is 5.69 Å². The number of non-ortho nitro benzene ring substituents is 1. The lowest BCUT2D eigenvalue weighted by Crippen LogP contribution is -2.07. The normalized spacial score (nSPS) is 11.0. The van der Waals surface area contributed by atoms with E-state index < -0.39 is 10.9 Å². The van der Waals surface area contributed by atoms with Crippen LogP contribution in [-0.2, 0) is 4.74 Å². The van der Waals surface area contributed by atoms with Crippen LogP contribution in [0.5, 0.6) is 5.75 Å². The van der Waals surface area contributed by atoms with E-state index in [1.54, 1.807) is 30.3 Å². The molecule has 130 valence electrons. The Labute approximate surface area is 149 Å². The zero-order valence-electron chi connectivity index (χ0n) is 13.5. The molecule has 2 rings (SSSR count). The number of benzene rings is 2. The van der Waals surface area contributed by atoms with Crippen molar-refractivity contribution in [1.29, 1.82) is 0 Å². The van der Waals surface area contributed by atoms with Crippen molar-refractivity contribution in [2.45, 2.75) is 6.92 Å². The van der Waals surface area contributed by atoms with Crippen LogP contribution in [0.15, 0.2) is 60.2 Å². The average molecular weight is 362 g/mol. The lowest BCUT2D eigenvalue weighted by Gasteiger charge is -2.07. The molecule has 25 heavy (non-hydrogen) atoms. The van der Waals surface area contributed by atoms with Crippen LogP contribution in [0.3, 0.4) is 0 Å². The number of nitro groups is 1. The number of rotatable bonds is 7. The van der Waals surface area contributed by atoms with Gasteiger partial charge in [0.2, 0.25) is 0 Å². The first kappa shape index (κ1) is 18.5. The van der Waals surface area contributed by atoms with Gasteiger partial charge in [0.25, 0.3) is 5.69 Å². The van der Waals surface area contributed by atoms with E-state index >= 15 is 0 Å². The molecule has 0 aliphatic rings. The van der Waals surface area contributed by atoms with Crippen molar-refractivity contribution in [1.82, 2.24) is 0 Å². The molecule has 7 heteroatoms. The van der Waals surface area contributed by atoms with Gasteiger partial charge in [0, 0.05) is 12.1 Å². The summed E-state index contributed by atoms with van der Waals surface area (Å²) in [5, 5.41) is 10.9. The van der Waals surface area contributed by atoms with Crippen LogP contribution in [0.2, 0.25) is 5.02 Å². The maximum absolute atomic E-state index is 11.9. The predicted molar refractivity (Wildman–Crippen MR) is 94.1 cm³/mol. The molecule has 0 aliphatic heterocycles. The van der Waals surface area contributed by atoms with Crippen molar-refractivity contribution in [3.8, 4) is 5.75 Å². The molecule has 6 nitrogen and oxygen atoms in total. The zero-order valence-corrected chi connectivity index (χ0v) is 14.2. The lowest BCUT2D eigenvalue weighted by atomic mass is 10.2. The third kappa shape index (κ3) is 5.61. The van der Waals surface area contributed by atoms with Crippen LogP contribution in [0.1, 0.15) is 17.3 Å². The number of halogens is 1. The van der Waals surface area contributed by atoms with Crippen LogP contribution < -0.4 is 4.74 Å². The molecule has 0 N–H and O–H groups in total. The van der Waals surface area contributed by atoms with E-state index in [0.29, 0.717) is 16.3 Å². The summed E-state index contributed by atoms with van der Waals surface area (Å²) in [4.78, 5) is 22.0. The third-order valence-electron chi connectivity index (χ3n) is 3.25. The number of hydrogen-bond acceptors (Lipinski definition) is 5. The van der Waals surface area contributed by atoms with E-state index in [9.17, 15) is 14.9 Å². The Hall–Kier alpha value is -2.86. The van der Waals surface area contributed by atoms with Gasteiger partial charge in [-0.25, -0.2) is 4.79 Å². The highest BCUT2D eigenvalue weighted by atomic mass is 35.5. The standard InChI is InChI=1S/C18H16ClNO5/c1-13(12-25-15-8-6-14(7-9-15)20(22)23)10-11-24-18(21)16-4-2-3-5-17(16)19/h2-10H,11-12H2,1H3. The number of ether oxygens (including phenoxy) is 2. The fourth-order valence-corrected chi connectivity index (χ4v) is 2.10. The van der Waals surface area contributed by atoms with Crippen LogP contribution in [0.25, 0.3) is 0 Å². The van der Waals surface area contributed by atoms with Gasteiger partial charge in [-0.1, -0.05) is 23.7 Å². The van der Waals surface area contributed by atoms with Crippen molar-refractivity contribution in [3.05, 3.63) is 80.9 Å². The number of nitro benzene ring substituents is 1. The molecule has 0 bridgehead atoms. The third-order valence-corrected chi connectivity index (χ3v) is 3.58. The molecule has 0 amide bonds. The van der Waals surface area contributed by atoms with Gasteiger partial charge in [0.1, 0.15) is 19.0 Å². The van der Waals surface area contributed by atoms with Crippen molar-refractivity contribution in [3.63, 3.8) is 0 Å². The monoisotopic (exact) mass is 361 g/mol. The molecule has 2 aromatic rings. The summed E-state index contributed by atoms with van der Waals surface area (Å²) in [5.74, 6) is 0.0253. The average Bonchev–Trinajstić information content (AvgIpc) is 2.60. The predicted octanol–water partition coefficient (Wildman–Crippen LogP) is 4.43. The molecule has 0 atom stereocenters. The molecule has 0 aromatic heterocycles. The van der Waals surface area contributed by atoms with E-state index in [-0.39, 0.29) is 18.9 Å². The maximum atomic E-state index is 11.9. The summed E-state index contributed by atoms with van der Waals surface area (Å²) in [6.07, 6.45) is 1.72. The van der Waals surface area contributed by atoms with Gasteiger partial charge < -0.3 is 9.47 Å². The van der Waals surface area contributed by atoms with Crippen LogP contribution in [0, 0.1) is 10.1 Å². The van der Waals surface area contributed by atoms with Gasteiger partial charge in [-0.2, -0.15) is 0 Å². The highest BCUT2D eigenvalue weighted by Gasteiger charge is 2.10. The summed E-state index contributed by atoms with van der Waals surface area (Å²) in [5.41, 5.74) is 1.17.